The lowest BCUT2D eigenvalue weighted by atomic mass is 10.1. The van der Waals surface area contributed by atoms with Crippen molar-refractivity contribution in [1.29, 1.82) is 0 Å². The Balaban J connectivity index is 2.45. The lowest BCUT2D eigenvalue weighted by molar-refractivity contribution is 0.628. The van der Waals surface area contributed by atoms with Crippen LogP contribution in [0.2, 0.25) is 5.15 Å². The Morgan fingerprint density at radius 1 is 1.13 bits per heavy atom. The largest absolute Gasteiger partial charge is 0.244 e. The van der Waals surface area contributed by atoms with Crippen LogP contribution in [-0.2, 0) is 0 Å². The van der Waals surface area contributed by atoms with Gasteiger partial charge in [-0.3, -0.25) is 0 Å². The molecule has 2 rings (SSSR count). The van der Waals surface area contributed by atoms with Crippen LogP contribution < -0.4 is 0 Å². The zero-order valence-electron chi connectivity index (χ0n) is 8.17. The molecule has 0 saturated carbocycles. The van der Waals surface area contributed by atoms with Crippen LogP contribution in [0.25, 0.3) is 11.1 Å². The van der Waals surface area contributed by atoms with Crippen LogP contribution in [0.3, 0.4) is 0 Å². The monoisotopic (exact) mass is 221 g/mol. The van der Waals surface area contributed by atoms with E-state index in [1.807, 2.05) is 13.0 Å². The van der Waals surface area contributed by atoms with Gasteiger partial charge in [-0.05, 0) is 36.2 Å². The molecule has 1 nitrogen and oxygen atoms in total. The quantitative estimate of drug-likeness (QED) is 0.667. The maximum Gasteiger partial charge on any atom is 0.131 e. The number of hydrogen-bond donors (Lipinski definition) is 0. The van der Waals surface area contributed by atoms with Crippen LogP contribution >= 0.6 is 11.6 Å². The molecular formula is C12H9ClFN. The van der Waals surface area contributed by atoms with Crippen molar-refractivity contribution in [3.8, 4) is 11.1 Å². The lowest BCUT2D eigenvalue weighted by Gasteiger charge is -2.03. The van der Waals surface area contributed by atoms with Gasteiger partial charge in [-0.2, -0.15) is 0 Å². The minimum Gasteiger partial charge on any atom is -0.244 e. The number of aryl methyl sites for hydroxylation is 1. The first-order valence-corrected chi connectivity index (χ1v) is 4.93. The van der Waals surface area contributed by atoms with Crippen LogP contribution in [-0.4, -0.2) is 4.98 Å². The number of hydrogen-bond acceptors (Lipinski definition) is 1. The topological polar surface area (TPSA) is 12.9 Å². The van der Waals surface area contributed by atoms with Crippen LogP contribution in [0.5, 0.6) is 0 Å². The Kier molecular flexibility index (Phi) is 2.69. The third kappa shape index (κ3) is 2.16. The molecule has 0 bridgehead atoms. The van der Waals surface area contributed by atoms with E-state index >= 15 is 0 Å². The van der Waals surface area contributed by atoms with Gasteiger partial charge in [-0.15, -0.1) is 0 Å². The number of halogens is 2. The number of nitrogens with zero attached hydrogens (tertiary/aromatic N) is 1. The van der Waals surface area contributed by atoms with Gasteiger partial charge in [0.1, 0.15) is 11.0 Å². The summed E-state index contributed by atoms with van der Waals surface area (Å²) in [4.78, 5) is 4.05. The van der Waals surface area contributed by atoms with Crippen LogP contribution in [0, 0.1) is 12.7 Å². The van der Waals surface area contributed by atoms with Crippen molar-refractivity contribution in [3.05, 3.63) is 53.1 Å². The lowest BCUT2D eigenvalue weighted by Crippen LogP contribution is -1.85. The minimum atomic E-state index is -0.239. The first-order chi connectivity index (χ1) is 7.16. The van der Waals surface area contributed by atoms with Crippen molar-refractivity contribution < 1.29 is 4.39 Å². The van der Waals surface area contributed by atoms with Gasteiger partial charge in [0.15, 0.2) is 0 Å². The third-order valence-corrected chi connectivity index (χ3v) is 2.59. The Hall–Kier alpha value is -1.41. The molecule has 0 aliphatic carbocycles. The predicted molar refractivity (Wildman–Crippen MR) is 59.4 cm³/mol. The van der Waals surface area contributed by atoms with Crippen LogP contribution in [0.4, 0.5) is 4.39 Å². The maximum absolute atomic E-state index is 12.7. The smallest absolute Gasteiger partial charge is 0.131 e. The first kappa shape index (κ1) is 10.1. The SMILES string of the molecule is Cc1cc(-c2ccc(F)cc2)cnc1Cl. The van der Waals surface area contributed by atoms with Crippen LogP contribution in [0.15, 0.2) is 36.5 Å². The summed E-state index contributed by atoms with van der Waals surface area (Å²) in [7, 11) is 0. The molecule has 2 aromatic rings. The molecule has 0 amide bonds. The van der Waals surface area contributed by atoms with Gasteiger partial charge < -0.3 is 0 Å². The van der Waals surface area contributed by atoms with Crippen molar-refractivity contribution in [1.82, 2.24) is 4.98 Å². The van der Waals surface area contributed by atoms with Gasteiger partial charge in [-0.25, -0.2) is 9.37 Å². The fraction of sp³-hybridized carbons (Fsp3) is 0.0833. The van der Waals surface area contributed by atoms with Crippen molar-refractivity contribution in [2.75, 3.05) is 0 Å². The summed E-state index contributed by atoms with van der Waals surface area (Å²) in [6.07, 6.45) is 1.68. The van der Waals surface area contributed by atoms with Crippen LogP contribution in [0.1, 0.15) is 5.56 Å². The summed E-state index contributed by atoms with van der Waals surface area (Å²) in [5.74, 6) is -0.239. The fourth-order valence-corrected chi connectivity index (χ4v) is 1.46. The highest BCUT2D eigenvalue weighted by Crippen LogP contribution is 2.22. The Morgan fingerprint density at radius 2 is 1.80 bits per heavy atom. The maximum atomic E-state index is 12.7. The van der Waals surface area contributed by atoms with E-state index in [2.05, 4.69) is 4.98 Å². The molecule has 0 radical (unpaired) electrons. The Labute approximate surface area is 92.5 Å². The highest BCUT2D eigenvalue weighted by Gasteiger charge is 2.01. The molecule has 0 aliphatic rings. The average Bonchev–Trinajstić information content (AvgIpc) is 2.23. The van der Waals surface area contributed by atoms with E-state index in [1.54, 1.807) is 18.3 Å². The van der Waals surface area contributed by atoms with E-state index in [9.17, 15) is 4.39 Å². The average molecular weight is 222 g/mol. The number of aromatic nitrogens is 1. The van der Waals surface area contributed by atoms with Crippen molar-refractivity contribution in [2.24, 2.45) is 0 Å². The summed E-state index contributed by atoms with van der Waals surface area (Å²) in [6.45, 7) is 1.89. The van der Waals surface area contributed by atoms with Crippen molar-refractivity contribution in [2.45, 2.75) is 6.92 Å². The molecule has 76 valence electrons. The molecule has 0 fully saturated rings. The highest BCUT2D eigenvalue weighted by atomic mass is 35.5. The summed E-state index contributed by atoms with van der Waals surface area (Å²) < 4.78 is 12.7. The number of pyridine rings is 1. The highest BCUT2D eigenvalue weighted by molar-refractivity contribution is 6.30. The molecule has 0 spiro atoms. The van der Waals surface area contributed by atoms with Gasteiger partial charge in [0.05, 0.1) is 0 Å². The summed E-state index contributed by atoms with van der Waals surface area (Å²) >= 11 is 5.82. The second-order valence-corrected chi connectivity index (χ2v) is 3.70. The normalized spacial score (nSPS) is 10.3. The van der Waals surface area contributed by atoms with Crippen molar-refractivity contribution in [3.63, 3.8) is 0 Å². The molecular weight excluding hydrogens is 213 g/mol. The van der Waals surface area contributed by atoms with Gasteiger partial charge in [0, 0.05) is 11.8 Å². The fourth-order valence-electron chi connectivity index (χ4n) is 1.36. The molecule has 0 N–H and O–H groups in total. The molecule has 0 unspecified atom stereocenters. The molecule has 15 heavy (non-hydrogen) atoms. The molecule has 1 heterocycles. The van der Waals surface area contributed by atoms with E-state index in [4.69, 9.17) is 11.6 Å². The number of rotatable bonds is 1. The molecule has 0 saturated heterocycles. The Morgan fingerprint density at radius 3 is 2.40 bits per heavy atom. The molecule has 1 aromatic heterocycles. The summed E-state index contributed by atoms with van der Waals surface area (Å²) in [5, 5.41) is 0.501. The second kappa shape index (κ2) is 3.99. The predicted octanol–water partition coefficient (Wildman–Crippen LogP) is 3.85. The standard InChI is InChI=1S/C12H9ClFN/c1-8-6-10(7-15-12(8)13)9-2-4-11(14)5-3-9/h2-7H,1H3. The second-order valence-electron chi connectivity index (χ2n) is 3.34. The first-order valence-electron chi connectivity index (χ1n) is 4.55. The molecule has 3 heteroatoms. The van der Waals surface area contributed by atoms with Crippen molar-refractivity contribution >= 4 is 11.6 Å². The third-order valence-electron chi connectivity index (χ3n) is 2.19. The van der Waals surface area contributed by atoms with E-state index in [1.165, 1.54) is 12.1 Å². The van der Waals surface area contributed by atoms with Gasteiger partial charge in [0.25, 0.3) is 0 Å². The summed E-state index contributed by atoms with van der Waals surface area (Å²) in [5.41, 5.74) is 2.79. The van der Waals surface area contributed by atoms with E-state index in [-0.39, 0.29) is 5.82 Å². The minimum absolute atomic E-state index is 0.239. The zero-order chi connectivity index (χ0) is 10.8. The molecule has 0 aliphatic heterocycles. The zero-order valence-corrected chi connectivity index (χ0v) is 8.92. The van der Waals surface area contributed by atoms with E-state index < -0.39 is 0 Å². The van der Waals surface area contributed by atoms with E-state index in [0.717, 1.165) is 16.7 Å². The van der Waals surface area contributed by atoms with Gasteiger partial charge in [-0.1, -0.05) is 23.7 Å². The van der Waals surface area contributed by atoms with Gasteiger partial charge >= 0.3 is 0 Å². The number of benzene rings is 1. The Bertz CT molecular complexity index is 479. The molecule has 1 aromatic carbocycles. The van der Waals surface area contributed by atoms with E-state index in [0.29, 0.717) is 5.15 Å². The van der Waals surface area contributed by atoms with Gasteiger partial charge in [0.2, 0.25) is 0 Å². The summed E-state index contributed by atoms with van der Waals surface area (Å²) in [6, 6.07) is 8.24. The molecule has 0 atom stereocenters.